The van der Waals surface area contributed by atoms with Crippen molar-refractivity contribution in [2.75, 3.05) is 7.11 Å². The highest BCUT2D eigenvalue weighted by Gasteiger charge is 2.19. The van der Waals surface area contributed by atoms with Crippen molar-refractivity contribution in [3.63, 3.8) is 0 Å². The lowest BCUT2D eigenvalue weighted by molar-refractivity contribution is 0.412. The summed E-state index contributed by atoms with van der Waals surface area (Å²) in [6, 6.07) is 15.9. The van der Waals surface area contributed by atoms with Gasteiger partial charge in [-0.2, -0.15) is 10.4 Å². The lowest BCUT2D eigenvalue weighted by Crippen LogP contribution is -2.22. The van der Waals surface area contributed by atoms with E-state index in [1.807, 2.05) is 36.4 Å². The van der Waals surface area contributed by atoms with E-state index in [9.17, 15) is 15.2 Å². The van der Waals surface area contributed by atoms with Crippen LogP contribution in [0.5, 0.6) is 11.6 Å². The molecule has 0 saturated carbocycles. The largest absolute Gasteiger partial charge is 0.495 e. The van der Waals surface area contributed by atoms with Gasteiger partial charge in [-0.3, -0.25) is 9.36 Å². The van der Waals surface area contributed by atoms with Gasteiger partial charge in [-0.1, -0.05) is 41.9 Å². The molecule has 1 aromatic heterocycles. The molecular formula is C21H17ClN4O3. The van der Waals surface area contributed by atoms with E-state index in [0.717, 1.165) is 10.1 Å². The second-order valence-electron chi connectivity index (χ2n) is 6.18. The van der Waals surface area contributed by atoms with Gasteiger partial charge in [-0.05, 0) is 30.7 Å². The number of methoxy groups -OCH3 is 1. The minimum atomic E-state index is -0.550. The number of rotatable bonds is 5. The van der Waals surface area contributed by atoms with E-state index in [1.54, 1.807) is 25.1 Å². The molecule has 3 aromatic rings. The molecule has 8 heteroatoms. The summed E-state index contributed by atoms with van der Waals surface area (Å²) in [5.74, 6) is 0.0914. The summed E-state index contributed by atoms with van der Waals surface area (Å²) in [5, 5.41) is 28.4. The van der Waals surface area contributed by atoms with E-state index < -0.39 is 11.4 Å². The number of ether oxygens (including phenoxy) is 1. The molecule has 146 valence electrons. The summed E-state index contributed by atoms with van der Waals surface area (Å²) < 4.78 is 6.20. The first-order chi connectivity index (χ1) is 14.0. The molecular weight excluding hydrogens is 392 g/mol. The predicted octanol–water partition coefficient (Wildman–Crippen LogP) is 4.86. The van der Waals surface area contributed by atoms with E-state index in [1.165, 1.54) is 7.11 Å². The highest BCUT2D eigenvalue weighted by Crippen LogP contribution is 2.31. The van der Waals surface area contributed by atoms with Crippen LogP contribution in [0.2, 0.25) is 5.02 Å². The molecule has 0 aliphatic carbocycles. The van der Waals surface area contributed by atoms with Gasteiger partial charge in [-0.15, -0.1) is 5.11 Å². The summed E-state index contributed by atoms with van der Waals surface area (Å²) >= 11 is 6.09. The minimum Gasteiger partial charge on any atom is -0.495 e. The SMILES string of the molecule is COc1ccc(N=Nc2c(C)c(C#N)c(O)n(Cc3ccccc3)c2=O)cc1Cl. The van der Waals surface area contributed by atoms with E-state index in [4.69, 9.17) is 16.3 Å². The molecule has 0 atom stereocenters. The normalized spacial score (nSPS) is 10.8. The molecule has 3 rings (SSSR count). The number of halogens is 1. The maximum atomic E-state index is 13.0. The van der Waals surface area contributed by atoms with Gasteiger partial charge in [0.2, 0.25) is 5.88 Å². The number of hydrogen-bond donors (Lipinski definition) is 1. The van der Waals surface area contributed by atoms with Gasteiger partial charge in [0.15, 0.2) is 5.69 Å². The van der Waals surface area contributed by atoms with E-state index in [2.05, 4.69) is 10.2 Å². The molecule has 0 aliphatic rings. The smallest absolute Gasteiger partial charge is 0.281 e. The number of benzene rings is 2. The maximum Gasteiger partial charge on any atom is 0.281 e. The molecule has 2 aromatic carbocycles. The zero-order valence-electron chi connectivity index (χ0n) is 15.8. The van der Waals surface area contributed by atoms with E-state index in [-0.39, 0.29) is 23.4 Å². The zero-order valence-corrected chi connectivity index (χ0v) is 16.5. The molecule has 0 unspecified atom stereocenters. The van der Waals surface area contributed by atoms with Crippen molar-refractivity contribution < 1.29 is 9.84 Å². The topological polar surface area (TPSA) is 100.0 Å². The van der Waals surface area contributed by atoms with Crippen molar-refractivity contribution >= 4 is 23.0 Å². The summed E-state index contributed by atoms with van der Waals surface area (Å²) in [7, 11) is 1.50. The number of azo groups is 1. The standard InChI is InChI=1S/C21H17ClN4O3/c1-13-16(11-23)20(27)26(12-14-6-4-3-5-7-14)21(28)19(13)25-24-15-8-9-18(29-2)17(22)10-15/h3-10,27H,12H2,1-2H3. The maximum absolute atomic E-state index is 13.0. The fourth-order valence-corrected chi connectivity index (χ4v) is 3.05. The molecule has 0 amide bonds. The number of aromatic hydroxyl groups is 1. The second-order valence-corrected chi connectivity index (χ2v) is 6.59. The number of nitrogens with zero attached hydrogens (tertiary/aromatic N) is 4. The van der Waals surface area contributed by atoms with E-state index in [0.29, 0.717) is 16.5 Å². The summed E-state index contributed by atoms with van der Waals surface area (Å²) in [4.78, 5) is 13.0. The van der Waals surface area contributed by atoms with Gasteiger partial charge in [-0.25, -0.2) is 0 Å². The Kier molecular flexibility index (Phi) is 5.96. The minimum absolute atomic E-state index is 0.0257. The Morgan fingerprint density at radius 3 is 2.55 bits per heavy atom. The Labute approximate surface area is 172 Å². The molecule has 7 nitrogen and oxygen atoms in total. The lowest BCUT2D eigenvalue weighted by Gasteiger charge is -2.13. The van der Waals surface area contributed by atoms with Crippen LogP contribution in [-0.4, -0.2) is 16.8 Å². The Hall–Kier alpha value is -3.63. The molecule has 0 bridgehead atoms. The van der Waals surface area contributed by atoms with Crippen LogP contribution in [0.3, 0.4) is 0 Å². The lowest BCUT2D eigenvalue weighted by atomic mass is 10.1. The zero-order chi connectivity index (χ0) is 21.0. The molecule has 1 N–H and O–H groups in total. The first kappa shape index (κ1) is 20.1. The average Bonchev–Trinajstić information content (AvgIpc) is 2.72. The molecule has 1 heterocycles. The van der Waals surface area contributed by atoms with Crippen LogP contribution in [0.4, 0.5) is 11.4 Å². The van der Waals surface area contributed by atoms with Gasteiger partial charge in [0.1, 0.15) is 17.4 Å². The third-order valence-corrected chi connectivity index (χ3v) is 4.65. The van der Waals surface area contributed by atoms with Gasteiger partial charge in [0.05, 0.1) is 24.4 Å². The van der Waals surface area contributed by atoms with Gasteiger partial charge in [0.25, 0.3) is 5.56 Å². The van der Waals surface area contributed by atoms with Crippen LogP contribution < -0.4 is 10.3 Å². The molecule has 0 fully saturated rings. The third-order valence-electron chi connectivity index (χ3n) is 4.35. The highest BCUT2D eigenvalue weighted by atomic mass is 35.5. The van der Waals surface area contributed by atoms with Crippen molar-refractivity contribution in [3.8, 4) is 17.7 Å². The van der Waals surface area contributed by atoms with Crippen molar-refractivity contribution in [1.82, 2.24) is 4.57 Å². The van der Waals surface area contributed by atoms with E-state index >= 15 is 0 Å². The molecule has 0 spiro atoms. The van der Waals surface area contributed by atoms with Crippen LogP contribution >= 0.6 is 11.6 Å². The fourth-order valence-electron chi connectivity index (χ4n) is 2.80. The van der Waals surface area contributed by atoms with Gasteiger partial charge in [0, 0.05) is 5.56 Å². The number of pyridine rings is 1. The fraction of sp³-hybridized carbons (Fsp3) is 0.143. The number of nitriles is 1. The Balaban J connectivity index is 2.09. The summed E-state index contributed by atoms with van der Waals surface area (Å²) in [6.45, 7) is 1.64. The van der Waals surface area contributed by atoms with Crippen molar-refractivity contribution in [2.45, 2.75) is 13.5 Å². The van der Waals surface area contributed by atoms with Gasteiger partial charge < -0.3 is 9.84 Å². The van der Waals surface area contributed by atoms with Crippen LogP contribution in [-0.2, 0) is 6.54 Å². The van der Waals surface area contributed by atoms with Crippen molar-refractivity contribution in [3.05, 3.63) is 80.6 Å². The van der Waals surface area contributed by atoms with Crippen molar-refractivity contribution in [2.24, 2.45) is 10.2 Å². The Bertz CT molecular complexity index is 1180. The summed E-state index contributed by atoms with van der Waals surface area (Å²) in [5.41, 5.74) is 0.858. The average molecular weight is 409 g/mol. The number of hydrogen-bond acceptors (Lipinski definition) is 6. The Morgan fingerprint density at radius 2 is 1.93 bits per heavy atom. The molecule has 0 aliphatic heterocycles. The van der Waals surface area contributed by atoms with Gasteiger partial charge >= 0.3 is 0 Å². The predicted molar refractivity (Wildman–Crippen MR) is 110 cm³/mol. The van der Waals surface area contributed by atoms with Crippen LogP contribution in [0.25, 0.3) is 0 Å². The monoisotopic (exact) mass is 408 g/mol. The third kappa shape index (κ3) is 4.13. The second kappa shape index (κ2) is 8.59. The quantitative estimate of drug-likeness (QED) is 0.609. The first-order valence-electron chi connectivity index (χ1n) is 8.62. The van der Waals surface area contributed by atoms with Crippen LogP contribution in [0.1, 0.15) is 16.7 Å². The number of aromatic nitrogens is 1. The van der Waals surface area contributed by atoms with Crippen LogP contribution in [0.15, 0.2) is 63.6 Å². The first-order valence-corrected chi connectivity index (χ1v) is 8.99. The molecule has 0 saturated heterocycles. The summed E-state index contributed by atoms with van der Waals surface area (Å²) in [6.07, 6.45) is 0. The molecule has 0 radical (unpaired) electrons. The van der Waals surface area contributed by atoms with Crippen LogP contribution in [0, 0.1) is 18.3 Å². The highest BCUT2D eigenvalue weighted by molar-refractivity contribution is 6.32. The Morgan fingerprint density at radius 1 is 1.21 bits per heavy atom. The molecule has 29 heavy (non-hydrogen) atoms. The van der Waals surface area contributed by atoms with Crippen molar-refractivity contribution in [1.29, 1.82) is 5.26 Å².